The van der Waals surface area contributed by atoms with Gasteiger partial charge in [-0.15, -0.1) is 0 Å². The molecule has 1 aromatic carbocycles. The molecule has 26 heavy (non-hydrogen) atoms. The van der Waals surface area contributed by atoms with Crippen LogP contribution in [0.1, 0.15) is 28.9 Å². The molecule has 138 valence electrons. The van der Waals surface area contributed by atoms with Gasteiger partial charge in [-0.3, -0.25) is 4.90 Å². The first-order valence-corrected chi connectivity index (χ1v) is 8.59. The fourth-order valence-electron chi connectivity index (χ4n) is 2.99. The molecule has 7 heteroatoms. The van der Waals surface area contributed by atoms with Gasteiger partial charge in [0, 0.05) is 31.0 Å². The number of rotatable bonds is 6. The Hall–Kier alpha value is -2.51. The summed E-state index contributed by atoms with van der Waals surface area (Å²) in [6.45, 7) is 6.60. The summed E-state index contributed by atoms with van der Waals surface area (Å²) in [6, 6.07) is 9.45. The van der Waals surface area contributed by atoms with Crippen molar-refractivity contribution in [2.24, 2.45) is 0 Å². The van der Waals surface area contributed by atoms with Crippen LogP contribution in [0.25, 0.3) is 0 Å². The Morgan fingerprint density at radius 1 is 1.27 bits per heavy atom. The van der Waals surface area contributed by atoms with Crippen LogP contribution in [0.2, 0.25) is 0 Å². The van der Waals surface area contributed by atoms with Crippen molar-refractivity contribution >= 4 is 5.97 Å². The van der Waals surface area contributed by atoms with Gasteiger partial charge in [0.15, 0.2) is 12.4 Å². The molecule has 1 N–H and O–H groups in total. The minimum Gasteiger partial charge on any atom is -0.482 e. The second kappa shape index (κ2) is 8.25. The molecule has 0 unspecified atom stereocenters. The Morgan fingerprint density at radius 2 is 1.96 bits per heavy atom. The quantitative estimate of drug-likeness (QED) is 0.848. The molecule has 1 saturated heterocycles. The average molecular weight is 357 g/mol. The van der Waals surface area contributed by atoms with Gasteiger partial charge in [-0.05, 0) is 37.6 Å². The number of aliphatic carboxylic acids is 1. The number of morpholine rings is 1. The van der Waals surface area contributed by atoms with Crippen LogP contribution < -0.4 is 4.74 Å². The van der Waals surface area contributed by atoms with E-state index in [-0.39, 0.29) is 12.7 Å². The zero-order valence-corrected chi connectivity index (χ0v) is 15.0. The lowest BCUT2D eigenvalue weighted by Gasteiger charge is -2.32. The van der Waals surface area contributed by atoms with Gasteiger partial charge in [0.25, 0.3) is 0 Å². The van der Waals surface area contributed by atoms with Crippen molar-refractivity contribution in [2.45, 2.75) is 26.5 Å². The first-order valence-electron chi connectivity index (χ1n) is 8.59. The van der Waals surface area contributed by atoms with E-state index in [1.165, 1.54) is 0 Å². The highest BCUT2D eigenvalue weighted by atomic mass is 16.5. The van der Waals surface area contributed by atoms with Crippen molar-refractivity contribution in [3.8, 4) is 5.75 Å². The van der Waals surface area contributed by atoms with Gasteiger partial charge < -0.3 is 14.6 Å². The summed E-state index contributed by atoms with van der Waals surface area (Å²) in [5, 5.41) is 8.65. The van der Waals surface area contributed by atoms with Crippen LogP contribution in [0.5, 0.6) is 5.75 Å². The first-order chi connectivity index (χ1) is 12.5. The molecule has 2 heterocycles. The molecular formula is C19H23N3O4. The number of ether oxygens (including phenoxy) is 2. The van der Waals surface area contributed by atoms with Crippen LogP contribution in [-0.2, 0) is 16.1 Å². The molecular weight excluding hydrogens is 334 g/mol. The van der Waals surface area contributed by atoms with Crippen molar-refractivity contribution in [1.82, 2.24) is 14.9 Å². The van der Waals surface area contributed by atoms with Crippen LogP contribution in [0.4, 0.5) is 0 Å². The normalized spacial score (nSPS) is 17.8. The van der Waals surface area contributed by atoms with Gasteiger partial charge in [0.05, 0.1) is 6.61 Å². The largest absolute Gasteiger partial charge is 0.482 e. The van der Waals surface area contributed by atoms with Crippen LogP contribution in [-0.4, -0.2) is 52.2 Å². The number of aryl methyl sites for hydroxylation is 2. The summed E-state index contributed by atoms with van der Waals surface area (Å²) < 4.78 is 11.0. The fourth-order valence-corrected chi connectivity index (χ4v) is 2.99. The highest BCUT2D eigenvalue weighted by molar-refractivity contribution is 5.68. The smallest absolute Gasteiger partial charge is 0.341 e. The first kappa shape index (κ1) is 18.3. The summed E-state index contributed by atoms with van der Waals surface area (Å²) in [6.07, 6.45) is -0.125. The number of aromatic nitrogens is 2. The molecule has 1 atom stereocenters. The number of carboxylic acid groups (broad SMARTS) is 1. The molecule has 0 radical (unpaired) electrons. The minimum absolute atomic E-state index is 0.125. The minimum atomic E-state index is -0.984. The number of hydrogen-bond acceptors (Lipinski definition) is 6. The predicted octanol–water partition coefficient (Wildman–Crippen LogP) is 2.13. The highest BCUT2D eigenvalue weighted by Crippen LogP contribution is 2.22. The number of benzene rings is 1. The Bertz CT molecular complexity index is 744. The van der Waals surface area contributed by atoms with Crippen molar-refractivity contribution < 1.29 is 19.4 Å². The summed E-state index contributed by atoms with van der Waals surface area (Å²) in [5.41, 5.74) is 3.03. The molecule has 0 amide bonds. The molecule has 1 fully saturated rings. The van der Waals surface area contributed by atoms with E-state index in [4.69, 9.17) is 14.6 Å². The monoisotopic (exact) mass is 357 g/mol. The third kappa shape index (κ3) is 5.00. The van der Waals surface area contributed by atoms with Gasteiger partial charge in [0.1, 0.15) is 11.9 Å². The molecule has 1 aliphatic heterocycles. The second-order valence-corrected chi connectivity index (χ2v) is 6.43. The lowest BCUT2D eigenvalue weighted by atomic mass is 10.1. The molecule has 0 bridgehead atoms. The van der Waals surface area contributed by atoms with E-state index >= 15 is 0 Å². The lowest BCUT2D eigenvalue weighted by Crippen LogP contribution is -2.38. The molecule has 1 aromatic heterocycles. The van der Waals surface area contributed by atoms with E-state index in [2.05, 4.69) is 14.9 Å². The van der Waals surface area contributed by atoms with Gasteiger partial charge in [-0.1, -0.05) is 12.1 Å². The third-order valence-electron chi connectivity index (χ3n) is 4.13. The van der Waals surface area contributed by atoms with Crippen molar-refractivity contribution in [2.75, 3.05) is 26.3 Å². The Morgan fingerprint density at radius 3 is 2.62 bits per heavy atom. The molecule has 0 aliphatic carbocycles. The SMILES string of the molecule is Cc1cc(C)nc([C@@H]2CN(Cc3ccc(OCC(=O)O)cc3)CCO2)n1. The topological polar surface area (TPSA) is 84.8 Å². The predicted molar refractivity (Wildman–Crippen MR) is 95.0 cm³/mol. The Balaban J connectivity index is 1.60. The Kier molecular flexibility index (Phi) is 5.80. The lowest BCUT2D eigenvalue weighted by molar-refractivity contribution is -0.139. The Labute approximate surface area is 152 Å². The molecule has 1 aliphatic rings. The molecule has 2 aromatic rings. The summed E-state index contributed by atoms with van der Waals surface area (Å²) in [4.78, 5) is 21.9. The van der Waals surface area contributed by atoms with Gasteiger partial charge in [-0.2, -0.15) is 0 Å². The van der Waals surface area contributed by atoms with E-state index in [1.807, 2.05) is 32.0 Å². The number of hydrogen-bond donors (Lipinski definition) is 1. The second-order valence-electron chi connectivity index (χ2n) is 6.43. The van der Waals surface area contributed by atoms with E-state index in [0.717, 1.165) is 42.4 Å². The maximum absolute atomic E-state index is 10.5. The maximum Gasteiger partial charge on any atom is 0.341 e. The van der Waals surface area contributed by atoms with Crippen LogP contribution in [0.15, 0.2) is 30.3 Å². The number of nitrogens with zero attached hydrogens (tertiary/aromatic N) is 3. The maximum atomic E-state index is 10.5. The van der Waals surface area contributed by atoms with E-state index in [9.17, 15) is 4.79 Å². The molecule has 3 rings (SSSR count). The number of carbonyl (C=O) groups is 1. The van der Waals surface area contributed by atoms with Gasteiger partial charge >= 0.3 is 5.97 Å². The average Bonchev–Trinajstić information content (AvgIpc) is 2.60. The molecule has 0 spiro atoms. The summed E-state index contributed by atoms with van der Waals surface area (Å²) >= 11 is 0. The van der Waals surface area contributed by atoms with Crippen molar-refractivity contribution in [3.05, 3.63) is 53.1 Å². The van der Waals surface area contributed by atoms with Crippen molar-refractivity contribution in [1.29, 1.82) is 0 Å². The van der Waals surface area contributed by atoms with E-state index in [1.54, 1.807) is 12.1 Å². The zero-order chi connectivity index (χ0) is 18.5. The van der Waals surface area contributed by atoms with Crippen LogP contribution in [0, 0.1) is 13.8 Å². The van der Waals surface area contributed by atoms with E-state index in [0.29, 0.717) is 12.4 Å². The highest BCUT2D eigenvalue weighted by Gasteiger charge is 2.24. The zero-order valence-electron chi connectivity index (χ0n) is 15.0. The van der Waals surface area contributed by atoms with Crippen molar-refractivity contribution in [3.63, 3.8) is 0 Å². The van der Waals surface area contributed by atoms with Gasteiger partial charge in [-0.25, -0.2) is 14.8 Å². The van der Waals surface area contributed by atoms with Gasteiger partial charge in [0.2, 0.25) is 0 Å². The van der Waals surface area contributed by atoms with E-state index < -0.39 is 5.97 Å². The summed E-state index contributed by atoms with van der Waals surface area (Å²) in [7, 11) is 0. The third-order valence-corrected chi connectivity index (χ3v) is 4.13. The number of carboxylic acids is 1. The molecule has 7 nitrogen and oxygen atoms in total. The van der Waals surface area contributed by atoms with Crippen LogP contribution >= 0.6 is 0 Å². The molecule has 0 saturated carbocycles. The fraction of sp³-hybridized carbons (Fsp3) is 0.421. The van der Waals surface area contributed by atoms with Crippen LogP contribution in [0.3, 0.4) is 0 Å². The summed E-state index contributed by atoms with van der Waals surface area (Å²) in [5.74, 6) is 0.311. The standard InChI is InChI=1S/C19H23N3O4/c1-13-9-14(2)21-19(20-13)17-11-22(7-8-25-17)10-15-3-5-16(6-4-15)26-12-18(23)24/h3-6,9,17H,7-8,10-12H2,1-2H3,(H,23,24)/t17-/m0/s1.